The fourth-order valence-electron chi connectivity index (χ4n) is 3.69. The van der Waals surface area contributed by atoms with Crippen molar-refractivity contribution in [1.29, 1.82) is 0 Å². The van der Waals surface area contributed by atoms with Crippen LogP contribution in [0.15, 0.2) is 44.7 Å². The van der Waals surface area contributed by atoms with Crippen LogP contribution in [0, 0.1) is 16.0 Å². The van der Waals surface area contributed by atoms with Crippen molar-refractivity contribution < 1.29 is 14.5 Å². The number of hydrogen-bond acceptors (Lipinski definition) is 7. The molecule has 2 amide bonds. The molecule has 0 aliphatic carbocycles. The predicted molar refractivity (Wildman–Crippen MR) is 115 cm³/mol. The number of benzene rings is 1. The van der Waals surface area contributed by atoms with Crippen LogP contribution in [0.2, 0.25) is 0 Å². The molecule has 1 fully saturated rings. The maximum atomic E-state index is 12.6. The second-order valence-corrected chi connectivity index (χ2v) is 8.70. The molecule has 0 saturated carbocycles. The highest BCUT2D eigenvalue weighted by Crippen LogP contribution is 2.39. The number of nitrogens with zero attached hydrogens (tertiary/aromatic N) is 5. The Hall–Kier alpha value is -2.85. The summed E-state index contributed by atoms with van der Waals surface area (Å²) >= 11 is 1.55. The molecule has 9 nitrogen and oxygen atoms in total. The number of carbonyl (C=O) groups excluding carboxylic acids is 2. The number of nitro benzene ring substituents is 1. The third kappa shape index (κ3) is 3.92. The molecule has 0 bridgehead atoms. The summed E-state index contributed by atoms with van der Waals surface area (Å²) in [6.07, 6.45) is 0. The van der Waals surface area contributed by atoms with Crippen LogP contribution in [0.5, 0.6) is 0 Å². The van der Waals surface area contributed by atoms with Gasteiger partial charge in [-0.05, 0) is 36.5 Å². The molecule has 3 aliphatic rings. The maximum Gasteiger partial charge on any atom is 0.269 e. The summed E-state index contributed by atoms with van der Waals surface area (Å²) in [5.74, 6) is -0.0765. The van der Waals surface area contributed by atoms with Gasteiger partial charge in [0, 0.05) is 43.9 Å². The average molecular weight is 427 g/mol. The number of non-ortho nitro benzene ring substituents is 1. The molecular formula is C20H21N5O4S. The van der Waals surface area contributed by atoms with Crippen molar-refractivity contribution in [3.8, 4) is 0 Å². The van der Waals surface area contributed by atoms with E-state index in [1.54, 1.807) is 16.7 Å². The molecule has 10 heteroatoms. The van der Waals surface area contributed by atoms with E-state index in [1.165, 1.54) is 24.3 Å². The molecule has 0 radical (unpaired) electrons. The van der Waals surface area contributed by atoms with Gasteiger partial charge in [0.05, 0.1) is 16.5 Å². The molecule has 1 unspecified atom stereocenters. The van der Waals surface area contributed by atoms with Gasteiger partial charge in [0.2, 0.25) is 0 Å². The quantitative estimate of drug-likeness (QED) is 0.539. The fraction of sp³-hybridized carbons (Fsp3) is 0.400. The van der Waals surface area contributed by atoms with Crippen LogP contribution in [0.3, 0.4) is 0 Å². The number of hydrogen-bond donors (Lipinski definition) is 0. The molecule has 156 valence electrons. The van der Waals surface area contributed by atoms with Crippen molar-refractivity contribution in [2.75, 3.05) is 32.7 Å². The highest BCUT2D eigenvalue weighted by atomic mass is 32.2. The molecule has 3 heterocycles. The SMILES string of the molecule is CC1=C(C)C2C(=O)N=C(CN3CCN(C(=O)c4ccc([N+](=O)[O-])cc4)CC3)N=C2S1. The first-order valence-electron chi connectivity index (χ1n) is 9.65. The largest absolute Gasteiger partial charge is 0.336 e. The lowest BCUT2D eigenvalue weighted by molar-refractivity contribution is -0.384. The summed E-state index contributed by atoms with van der Waals surface area (Å²) < 4.78 is 0. The Kier molecular flexibility index (Phi) is 5.52. The first-order valence-corrected chi connectivity index (χ1v) is 10.5. The van der Waals surface area contributed by atoms with Gasteiger partial charge in [0.15, 0.2) is 0 Å². The second-order valence-electron chi connectivity index (χ2n) is 7.46. The van der Waals surface area contributed by atoms with E-state index in [-0.39, 0.29) is 23.4 Å². The number of rotatable bonds is 4. The second kappa shape index (κ2) is 8.11. The highest BCUT2D eigenvalue weighted by Gasteiger charge is 2.37. The molecule has 30 heavy (non-hydrogen) atoms. The van der Waals surface area contributed by atoms with E-state index >= 15 is 0 Å². The van der Waals surface area contributed by atoms with Crippen molar-refractivity contribution in [3.05, 3.63) is 50.4 Å². The minimum absolute atomic E-state index is 0.0379. The Balaban J connectivity index is 1.34. The molecule has 4 rings (SSSR count). The third-order valence-corrected chi connectivity index (χ3v) is 6.73. The Bertz CT molecular complexity index is 1010. The van der Waals surface area contributed by atoms with E-state index < -0.39 is 4.92 Å². The van der Waals surface area contributed by atoms with Gasteiger partial charge in [0.25, 0.3) is 17.5 Å². The first-order chi connectivity index (χ1) is 14.3. The Morgan fingerprint density at radius 2 is 1.83 bits per heavy atom. The van der Waals surface area contributed by atoms with Gasteiger partial charge in [-0.25, -0.2) is 4.99 Å². The Morgan fingerprint density at radius 1 is 1.17 bits per heavy atom. The summed E-state index contributed by atoms with van der Waals surface area (Å²) in [6.45, 7) is 6.77. The van der Waals surface area contributed by atoms with Crippen LogP contribution < -0.4 is 0 Å². The van der Waals surface area contributed by atoms with Gasteiger partial charge >= 0.3 is 0 Å². The number of fused-ring (bicyclic) bond motifs is 1. The molecule has 1 atom stereocenters. The number of amidine groups is 1. The van der Waals surface area contributed by atoms with Crippen molar-refractivity contribution in [1.82, 2.24) is 9.80 Å². The van der Waals surface area contributed by atoms with E-state index in [9.17, 15) is 19.7 Å². The fourth-order valence-corrected chi connectivity index (χ4v) is 4.83. The van der Waals surface area contributed by atoms with Gasteiger partial charge in [-0.1, -0.05) is 11.8 Å². The number of nitro groups is 1. The molecular weight excluding hydrogens is 406 g/mol. The Labute approximate surface area is 177 Å². The van der Waals surface area contributed by atoms with Crippen molar-refractivity contribution in [2.45, 2.75) is 13.8 Å². The van der Waals surface area contributed by atoms with E-state index in [4.69, 9.17) is 0 Å². The predicted octanol–water partition coefficient (Wildman–Crippen LogP) is 2.35. The van der Waals surface area contributed by atoms with Crippen LogP contribution in [-0.2, 0) is 4.79 Å². The number of carbonyl (C=O) groups is 2. The van der Waals surface area contributed by atoms with Crippen molar-refractivity contribution in [3.63, 3.8) is 0 Å². The van der Waals surface area contributed by atoms with Gasteiger partial charge < -0.3 is 4.90 Å². The normalized spacial score (nSPS) is 22.0. The summed E-state index contributed by atoms with van der Waals surface area (Å²) in [6, 6.07) is 5.65. The lowest BCUT2D eigenvalue weighted by atomic mass is 10.0. The minimum Gasteiger partial charge on any atom is -0.336 e. The zero-order valence-electron chi connectivity index (χ0n) is 16.7. The third-order valence-electron chi connectivity index (χ3n) is 5.57. The Morgan fingerprint density at radius 3 is 2.47 bits per heavy atom. The summed E-state index contributed by atoms with van der Waals surface area (Å²) in [4.78, 5) is 49.1. The van der Waals surface area contributed by atoms with Crippen molar-refractivity contribution in [2.24, 2.45) is 15.9 Å². The van der Waals surface area contributed by atoms with E-state index in [0.29, 0.717) is 44.1 Å². The smallest absolute Gasteiger partial charge is 0.269 e. The van der Waals surface area contributed by atoms with Crippen LogP contribution in [0.1, 0.15) is 24.2 Å². The van der Waals surface area contributed by atoms with Crippen LogP contribution in [0.4, 0.5) is 5.69 Å². The van der Waals surface area contributed by atoms with Crippen molar-refractivity contribution >= 4 is 40.1 Å². The molecule has 1 aromatic rings. The number of thioether (sulfide) groups is 1. The van der Waals surface area contributed by atoms with Gasteiger partial charge in [-0.15, -0.1) is 0 Å². The number of aliphatic imine (C=N–C) groups is 2. The van der Waals surface area contributed by atoms with E-state index in [1.807, 2.05) is 13.8 Å². The van der Waals surface area contributed by atoms with Crippen LogP contribution >= 0.6 is 11.8 Å². The van der Waals surface area contributed by atoms with Gasteiger partial charge in [-0.3, -0.25) is 24.6 Å². The van der Waals surface area contributed by atoms with E-state index in [2.05, 4.69) is 14.9 Å². The maximum absolute atomic E-state index is 12.6. The number of amides is 2. The molecule has 1 aromatic carbocycles. The zero-order chi connectivity index (χ0) is 21.4. The number of piperazine rings is 1. The average Bonchev–Trinajstić information content (AvgIpc) is 3.02. The van der Waals surface area contributed by atoms with Gasteiger partial charge in [-0.2, -0.15) is 4.99 Å². The molecule has 0 N–H and O–H groups in total. The summed E-state index contributed by atoms with van der Waals surface area (Å²) in [5.41, 5.74) is 1.43. The molecule has 1 saturated heterocycles. The number of allylic oxidation sites excluding steroid dienone is 1. The summed E-state index contributed by atoms with van der Waals surface area (Å²) in [7, 11) is 0. The molecule has 0 aromatic heterocycles. The summed E-state index contributed by atoms with van der Waals surface area (Å²) in [5, 5.41) is 11.6. The highest BCUT2D eigenvalue weighted by molar-refractivity contribution is 8.17. The lowest BCUT2D eigenvalue weighted by Gasteiger charge is -2.34. The van der Waals surface area contributed by atoms with Gasteiger partial charge in [0.1, 0.15) is 11.8 Å². The topological polar surface area (TPSA) is 108 Å². The van der Waals surface area contributed by atoms with Crippen LogP contribution in [-0.4, -0.2) is 70.1 Å². The first kappa shape index (κ1) is 20.4. The zero-order valence-corrected chi connectivity index (χ0v) is 17.5. The molecule has 3 aliphatic heterocycles. The monoisotopic (exact) mass is 427 g/mol. The van der Waals surface area contributed by atoms with Crippen LogP contribution in [0.25, 0.3) is 0 Å². The lowest BCUT2D eigenvalue weighted by Crippen LogP contribution is -2.50. The minimum atomic E-state index is -0.486. The molecule has 0 spiro atoms. The van der Waals surface area contributed by atoms with E-state index in [0.717, 1.165) is 15.5 Å². The standard InChI is InChI=1S/C20H21N5O4S/c1-12-13(2)30-19-17(12)18(26)21-16(22-19)11-23-7-9-24(10-8-23)20(27)14-3-5-15(6-4-14)25(28)29/h3-6,17H,7-11H2,1-2H3.